The fourth-order valence-electron chi connectivity index (χ4n) is 3.68. The maximum atomic E-state index is 5.93. The van der Waals surface area contributed by atoms with Gasteiger partial charge in [-0.25, -0.2) is 0 Å². The summed E-state index contributed by atoms with van der Waals surface area (Å²) in [6, 6.07) is 0.427. The molecule has 23 heavy (non-hydrogen) atoms. The van der Waals surface area contributed by atoms with E-state index in [0.29, 0.717) is 18.2 Å². The molecule has 3 atom stereocenters. The first-order valence-electron chi connectivity index (χ1n) is 8.58. The van der Waals surface area contributed by atoms with E-state index in [1.54, 1.807) is 0 Å². The molecule has 3 rings (SSSR count). The molecular weight excluding hydrogens is 425 g/mol. The van der Waals surface area contributed by atoms with Crippen LogP contribution in [0.5, 0.6) is 0 Å². The second kappa shape index (κ2) is 9.10. The van der Waals surface area contributed by atoms with E-state index in [1.165, 1.54) is 12.8 Å². The zero-order valence-electron chi connectivity index (χ0n) is 14.2. The van der Waals surface area contributed by atoms with Gasteiger partial charge in [0.1, 0.15) is 0 Å². The molecule has 0 aromatic rings. The lowest BCUT2D eigenvalue weighted by molar-refractivity contribution is 0.0794. The Bertz CT molecular complexity index is 405. The molecule has 134 valence electrons. The van der Waals surface area contributed by atoms with Gasteiger partial charge in [-0.15, -0.1) is 24.0 Å². The Labute approximate surface area is 161 Å². The molecule has 0 spiro atoms. The molecule has 7 heteroatoms. The number of nitrogens with one attached hydrogen (secondary N) is 2. The number of nitrogens with zero attached hydrogens (tertiary/aromatic N) is 1. The highest BCUT2D eigenvalue weighted by Crippen LogP contribution is 2.35. The van der Waals surface area contributed by atoms with Crippen LogP contribution in [0.25, 0.3) is 0 Å². The minimum absolute atomic E-state index is 0. The highest BCUT2D eigenvalue weighted by Gasteiger charge is 2.41. The van der Waals surface area contributed by atoms with Crippen molar-refractivity contribution >= 4 is 41.7 Å². The Morgan fingerprint density at radius 2 is 2.09 bits per heavy atom. The minimum Gasteiger partial charge on any atom is -0.381 e. The maximum Gasteiger partial charge on any atom is 0.191 e. The van der Waals surface area contributed by atoms with Crippen LogP contribution in [0.15, 0.2) is 4.99 Å². The van der Waals surface area contributed by atoms with Crippen molar-refractivity contribution in [2.24, 2.45) is 4.99 Å². The lowest BCUT2D eigenvalue weighted by Crippen LogP contribution is -2.48. The second-order valence-corrected chi connectivity index (χ2v) is 7.83. The van der Waals surface area contributed by atoms with Crippen LogP contribution in [0.1, 0.15) is 39.0 Å². The Morgan fingerprint density at radius 3 is 2.65 bits per heavy atom. The first-order chi connectivity index (χ1) is 10.7. The summed E-state index contributed by atoms with van der Waals surface area (Å²) in [4.78, 5) is 4.89. The summed E-state index contributed by atoms with van der Waals surface area (Å²) >= 11 is 1.94. The Morgan fingerprint density at radius 1 is 1.30 bits per heavy atom. The van der Waals surface area contributed by atoms with Gasteiger partial charge in [-0.05, 0) is 45.3 Å². The number of guanidine groups is 1. The van der Waals surface area contributed by atoms with E-state index in [-0.39, 0.29) is 28.7 Å². The molecule has 5 nitrogen and oxygen atoms in total. The van der Waals surface area contributed by atoms with Gasteiger partial charge in [0.05, 0.1) is 24.8 Å². The van der Waals surface area contributed by atoms with Crippen molar-refractivity contribution in [2.75, 3.05) is 32.6 Å². The second-order valence-electron chi connectivity index (χ2n) is 6.56. The van der Waals surface area contributed by atoms with Gasteiger partial charge in [0.25, 0.3) is 0 Å². The van der Waals surface area contributed by atoms with Crippen molar-refractivity contribution in [3.8, 4) is 0 Å². The van der Waals surface area contributed by atoms with Crippen molar-refractivity contribution < 1.29 is 9.47 Å². The quantitative estimate of drug-likeness (QED) is 0.379. The molecule has 3 heterocycles. The molecule has 2 N–H and O–H groups in total. The number of hydrogen-bond acceptors (Lipinski definition) is 4. The molecule has 0 aliphatic carbocycles. The van der Waals surface area contributed by atoms with Crippen LogP contribution < -0.4 is 10.6 Å². The zero-order chi connectivity index (χ0) is 15.4. The number of rotatable bonds is 5. The fraction of sp³-hybridized carbons (Fsp3) is 0.938. The summed E-state index contributed by atoms with van der Waals surface area (Å²) in [7, 11) is 0. The predicted molar refractivity (Wildman–Crippen MR) is 107 cm³/mol. The number of aliphatic imine (C=N–C) groups is 1. The van der Waals surface area contributed by atoms with Gasteiger partial charge in [-0.1, -0.05) is 0 Å². The van der Waals surface area contributed by atoms with E-state index in [9.17, 15) is 0 Å². The van der Waals surface area contributed by atoms with Gasteiger partial charge in [-0.3, -0.25) is 4.99 Å². The highest BCUT2D eigenvalue weighted by atomic mass is 127. The first kappa shape index (κ1) is 19.6. The number of ether oxygens (including phenoxy) is 2. The van der Waals surface area contributed by atoms with Gasteiger partial charge in [0.15, 0.2) is 5.96 Å². The summed E-state index contributed by atoms with van der Waals surface area (Å²) in [5.41, 5.74) is 0. The monoisotopic (exact) mass is 455 g/mol. The molecule has 0 amide bonds. The Hall–Kier alpha value is 0.270. The third-order valence-corrected chi connectivity index (χ3v) is 6.54. The molecule has 0 radical (unpaired) electrons. The van der Waals surface area contributed by atoms with E-state index in [2.05, 4.69) is 23.8 Å². The van der Waals surface area contributed by atoms with Crippen LogP contribution in [-0.2, 0) is 9.47 Å². The lowest BCUT2D eigenvalue weighted by atomic mass is 9.96. The predicted octanol–water partition coefficient (Wildman–Crippen LogP) is 2.39. The highest BCUT2D eigenvalue weighted by molar-refractivity contribution is 14.0. The summed E-state index contributed by atoms with van der Waals surface area (Å²) < 4.78 is 11.7. The molecule has 3 unspecified atom stereocenters. The van der Waals surface area contributed by atoms with E-state index >= 15 is 0 Å². The van der Waals surface area contributed by atoms with Gasteiger partial charge in [0.2, 0.25) is 0 Å². The van der Waals surface area contributed by atoms with Crippen LogP contribution in [0, 0.1) is 0 Å². The van der Waals surface area contributed by atoms with Crippen molar-refractivity contribution in [3.63, 3.8) is 0 Å². The topological polar surface area (TPSA) is 54.9 Å². The fourth-order valence-corrected chi connectivity index (χ4v) is 4.45. The molecule has 2 bridgehead atoms. The number of hydrogen-bond donors (Lipinski definition) is 2. The third-order valence-electron chi connectivity index (χ3n) is 5.13. The first-order valence-corrected chi connectivity index (χ1v) is 9.80. The number of thioether (sulfide) groups is 1. The molecule has 3 fully saturated rings. The van der Waals surface area contributed by atoms with Gasteiger partial charge >= 0.3 is 0 Å². The average Bonchev–Trinajstić information content (AvgIpc) is 3.16. The molecule has 0 aromatic carbocycles. The van der Waals surface area contributed by atoms with Gasteiger partial charge < -0.3 is 20.1 Å². The van der Waals surface area contributed by atoms with Crippen LogP contribution in [0.4, 0.5) is 0 Å². The SMILES string of the molecule is CCNC(=NCC1(SC)CCOCC1)NC1CC2CCC1O2.I. The zero-order valence-corrected chi connectivity index (χ0v) is 17.3. The van der Waals surface area contributed by atoms with Crippen LogP contribution in [0.2, 0.25) is 0 Å². The summed E-state index contributed by atoms with van der Waals surface area (Å²) in [6.07, 6.45) is 8.77. The van der Waals surface area contributed by atoms with Crippen LogP contribution in [-0.4, -0.2) is 61.5 Å². The van der Waals surface area contributed by atoms with Crippen molar-refractivity contribution in [1.82, 2.24) is 10.6 Å². The molecule has 0 saturated carbocycles. The maximum absolute atomic E-state index is 5.93. The molecule has 3 saturated heterocycles. The van der Waals surface area contributed by atoms with E-state index in [1.807, 2.05) is 11.8 Å². The van der Waals surface area contributed by atoms with Crippen molar-refractivity contribution in [1.29, 1.82) is 0 Å². The summed E-state index contributed by atoms with van der Waals surface area (Å²) in [6.45, 7) is 5.59. The smallest absolute Gasteiger partial charge is 0.191 e. The number of halogens is 1. The third kappa shape index (κ3) is 4.89. The molecule has 0 aromatic heterocycles. The Kier molecular flexibility index (Phi) is 7.75. The van der Waals surface area contributed by atoms with Crippen LogP contribution >= 0.6 is 35.7 Å². The standard InChI is InChI=1S/C16H29N3O2S.HI/c1-3-17-15(19-13-10-12-4-5-14(13)21-12)18-11-16(22-2)6-8-20-9-7-16;/h12-14H,3-11H2,1-2H3,(H2,17,18,19);1H. The van der Waals surface area contributed by atoms with Crippen molar-refractivity contribution in [3.05, 3.63) is 0 Å². The van der Waals surface area contributed by atoms with Gasteiger partial charge in [-0.2, -0.15) is 11.8 Å². The average molecular weight is 455 g/mol. The summed E-state index contributed by atoms with van der Waals surface area (Å²) in [5, 5.41) is 7.00. The largest absolute Gasteiger partial charge is 0.381 e. The van der Waals surface area contributed by atoms with E-state index in [4.69, 9.17) is 14.5 Å². The molecule has 3 aliphatic rings. The van der Waals surface area contributed by atoms with E-state index < -0.39 is 0 Å². The van der Waals surface area contributed by atoms with Gasteiger partial charge in [0, 0.05) is 24.5 Å². The lowest BCUT2D eigenvalue weighted by Gasteiger charge is -2.34. The van der Waals surface area contributed by atoms with Crippen molar-refractivity contribution in [2.45, 2.75) is 62.0 Å². The number of fused-ring (bicyclic) bond motifs is 2. The van der Waals surface area contributed by atoms with E-state index in [0.717, 1.165) is 51.5 Å². The molecular formula is C16H30IN3O2S. The minimum atomic E-state index is 0. The Balaban J connectivity index is 0.00000192. The summed E-state index contributed by atoms with van der Waals surface area (Å²) in [5.74, 6) is 0.948. The van der Waals surface area contributed by atoms with Crippen LogP contribution in [0.3, 0.4) is 0 Å². The normalized spacial score (nSPS) is 32.4. The molecule has 3 aliphatic heterocycles.